The average Bonchev–Trinajstić information content (AvgIpc) is 2.65. The van der Waals surface area contributed by atoms with Crippen molar-refractivity contribution in [2.24, 2.45) is 11.8 Å². The van der Waals surface area contributed by atoms with E-state index in [1.54, 1.807) is 11.3 Å². The zero-order valence-electron chi connectivity index (χ0n) is 8.86. The van der Waals surface area contributed by atoms with E-state index in [2.05, 4.69) is 30.7 Å². The van der Waals surface area contributed by atoms with Gasteiger partial charge in [-0.25, -0.2) is 0 Å². The highest BCUT2D eigenvalue weighted by Crippen LogP contribution is 2.44. The standard InChI is InChI=1S/C12H18OS/c1-9-3-4-10(2)12(13,7-9)11-5-6-14-8-11/h5-6,8-10,13H,3-4,7H2,1-2H3. The van der Waals surface area contributed by atoms with Crippen LogP contribution in [0.1, 0.15) is 38.7 Å². The smallest absolute Gasteiger partial charge is 0.0932 e. The Balaban J connectivity index is 2.28. The molecule has 0 amide bonds. The summed E-state index contributed by atoms with van der Waals surface area (Å²) in [6, 6.07) is 2.07. The van der Waals surface area contributed by atoms with Gasteiger partial charge in [0.15, 0.2) is 0 Å². The maximum absolute atomic E-state index is 10.7. The van der Waals surface area contributed by atoms with Crippen molar-refractivity contribution >= 4 is 11.3 Å². The molecule has 3 unspecified atom stereocenters. The second-order valence-corrected chi connectivity index (χ2v) is 5.50. The third kappa shape index (κ3) is 1.61. The first kappa shape index (κ1) is 10.2. The molecule has 1 aliphatic carbocycles. The topological polar surface area (TPSA) is 20.2 Å². The number of thiophene rings is 1. The van der Waals surface area contributed by atoms with Crippen molar-refractivity contribution in [1.82, 2.24) is 0 Å². The Morgan fingerprint density at radius 2 is 2.21 bits per heavy atom. The van der Waals surface area contributed by atoms with Crippen LogP contribution in [0.5, 0.6) is 0 Å². The summed E-state index contributed by atoms with van der Waals surface area (Å²) < 4.78 is 0. The van der Waals surface area contributed by atoms with Crippen molar-refractivity contribution in [3.63, 3.8) is 0 Å². The first-order valence-corrected chi connectivity index (χ1v) is 6.32. The summed E-state index contributed by atoms with van der Waals surface area (Å²) in [4.78, 5) is 0. The van der Waals surface area contributed by atoms with Crippen LogP contribution in [0, 0.1) is 11.8 Å². The molecule has 0 aliphatic heterocycles. The molecule has 2 heteroatoms. The van der Waals surface area contributed by atoms with Crippen LogP contribution < -0.4 is 0 Å². The number of aliphatic hydroxyl groups is 1. The summed E-state index contributed by atoms with van der Waals surface area (Å²) in [6.45, 7) is 4.41. The largest absolute Gasteiger partial charge is 0.385 e. The van der Waals surface area contributed by atoms with E-state index in [0.717, 1.165) is 18.4 Å². The van der Waals surface area contributed by atoms with Crippen molar-refractivity contribution in [2.45, 2.75) is 38.7 Å². The molecule has 14 heavy (non-hydrogen) atoms. The second-order valence-electron chi connectivity index (χ2n) is 4.72. The summed E-state index contributed by atoms with van der Waals surface area (Å²) in [5, 5.41) is 14.8. The predicted molar refractivity (Wildman–Crippen MR) is 60.4 cm³/mol. The van der Waals surface area contributed by atoms with E-state index in [0.29, 0.717) is 11.8 Å². The molecule has 78 valence electrons. The van der Waals surface area contributed by atoms with Crippen molar-refractivity contribution in [2.75, 3.05) is 0 Å². The first-order valence-electron chi connectivity index (χ1n) is 5.38. The van der Waals surface area contributed by atoms with Crippen LogP contribution in [0.3, 0.4) is 0 Å². The van der Waals surface area contributed by atoms with Gasteiger partial charge in [0.2, 0.25) is 0 Å². The van der Waals surface area contributed by atoms with E-state index < -0.39 is 5.60 Å². The Labute approximate surface area is 89.8 Å². The molecular weight excluding hydrogens is 192 g/mol. The van der Waals surface area contributed by atoms with Gasteiger partial charge in [0.1, 0.15) is 0 Å². The van der Waals surface area contributed by atoms with Crippen molar-refractivity contribution in [1.29, 1.82) is 0 Å². The van der Waals surface area contributed by atoms with Gasteiger partial charge < -0.3 is 5.11 Å². The Bertz CT molecular complexity index is 293. The van der Waals surface area contributed by atoms with Crippen LogP contribution in [0.4, 0.5) is 0 Å². The van der Waals surface area contributed by atoms with Crippen LogP contribution in [-0.2, 0) is 5.60 Å². The van der Waals surface area contributed by atoms with Crippen molar-refractivity contribution in [3.8, 4) is 0 Å². The fourth-order valence-corrected chi connectivity index (χ4v) is 3.25. The van der Waals surface area contributed by atoms with E-state index in [1.165, 1.54) is 6.42 Å². The maximum Gasteiger partial charge on any atom is 0.0932 e. The highest BCUT2D eigenvalue weighted by Gasteiger charge is 2.40. The van der Waals surface area contributed by atoms with Crippen LogP contribution in [-0.4, -0.2) is 5.11 Å². The highest BCUT2D eigenvalue weighted by molar-refractivity contribution is 7.08. The fraction of sp³-hybridized carbons (Fsp3) is 0.667. The molecule has 1 aromatic rings. The number of hydrogen-bond acceptors (Lipinski definition) is 2. The zero-order chi connectivity index (χ0) is 10.2. The van der Waals surface area contributed by atoms with Gasteiger partial charge in [-0.2, -0.15) is 11.3 Å². The van der Waals surface area contributed by atoms with E-state index in [9.17, 15) is 5.11 Å². The molecule has 0 spiro atoms. The summed E-state index contributed by atoms with van der Waals surface area (Å²) in [6.07, 6.45) is 3.33. The average molecular weight is 210 g/mol. The third-order valence-corrected chi connectivity index (χ3v) is 4.27. The molecule has 0 bridgehead atoms. The van der Waals surface area contributed by atoms with Crippen LogP contribution >= 0.6 is 11.3 Å². The molecule has 1 N–H and O–H groups in total. The molecule has 0 radical (unpaired) electrons. The van der Waals surface area contributed by atoms with E-state index in [-0.39, 0.29) is 0 Å². The lowest BCUT2D eigenvalue weighted by molar-refractivity contribution is -0.0624. The fourth-order valence-electron chi connectivity index (χ4n) is 2.52. The predicted octanol–water partition coefficient (Wildman–Crippen LogP) is 3.39. The van der Waals surface area contributed by atoms with E-state index in [4.69, 9.17) is 0 Å². The van der Waals surface area contributed by atoms with Gasteiger partial charge in [-0.1, -0.05) is 20.3 Å². The Morgan fingerprint density at radius 1 is 1.43 bits per heavy atom. The quantitative estimate of drug-likeness (QED) is 0.753. The molecule has 1 fully saturated rings. The lowest BCUT2D eigenvalue weighted by atomic mass is 9.69. The third-order valence-electron chi connectivity index (χ3n) is 3.59. The number of rotatable bonds is 1. The van der Waals surface area contributed by atoms with Gasteiger partial charge in [-0.05, 0) is 47.1 Å². The molecule has 1 nitrogen and oxygen atoms in total. The van der Waals surface area contributed by atoms with Crippen molar-refractivity contribution < 1.29 is 5.11 Å². The van der Waals surface area contributed by atoms with E-state index >= 15 is 0 Å². The Kier molecular flexibility index (Phi) is 2.67. The van der Waals surface area contributed by atoms with Crippen LogP contribution in [0.15, 0.2) is 16.8 Å². The summed E-state index contributed by atoms with van der Waals surface area (Å²) >= 11 is 1.68. The van der Waals surface area contributed by atoms with Gasteiger partial charge in [0.25, 0.3) is 0 Å². The van der Waals surface area contributed by atoms with Crippen LogP contribution in [0.25, 0.3) is 0 Å². The van der Waals surface area contributed by atoms with Crippen molar-refractivity contribution in [3.05, 3.63) is 22.4 Å². The molecule has 0 saturated heterocycles. The van der Waals surface area contributed by atoms with Gasteiger partial charge in [-0.3, -0.25) is 0 Å². The van der Waals surface area contributed by atoms with Gasteiger partial charge >= 0.3 is 0 Å². The molecule has 0 aromatic carbocycles. The highest BCUT2D eigenvalue weighted by atomic mass is 32.1. The SMILES string of the molecule is CC1CCC(C)C(O)(c2ccsc2)C1. The maximum atomic E-state index is 10.7. The lowest BCUT2D eigenvalue weighted by Crippen LogP contribution is -2.38. The minimum atomic E-state index is -0.558. The summed E-state index contributed by atoms with van der Waals surface area (Å²) in [5.74, 6) is 1.05. The van der Waals surface area contributed by atoms with E-state index in [1.807, 2.05) is 0 Å². The monoisotopic (exact) mass is 210 g/mol. The normalized spacial score (nSPS) is 38.5. The number of hydrogen-bond donors (Lipinski definition) is 1. The van der Waals surface area contributed by atoms with Gasteiger partial charge in [-0.15, -0.1) is 0 Å². The first-order chi connectivity index (χ1) is 6.63. The minimum Gasteiger partial charge on any atom is -0.385 e. The Hall–Kier alpha value is -0.340. The van der Waals surface area contributed by atoms with Gasteiger partial charge in [0.05, 0.1) is 5.60 Å². The minimum absolute atomic E-state index is 0.397. The Morgan fingerprint density at radius 3 is 2.86 bits per heavy atom. The summed E-state index contributed by atoms with van der Waals surface area (Å²) in [5.41, 5.74) is 0.569. The molecule has 2 rings (SSSR count). The summed E-state index contributed by atoms with van der Waals surface area (Å²) in [7, 11) is 0. The second kappa shape index (κ2) is 3.67. The van der Waals surface area contributed by atoms with Gasteiger partial charge in [0, 0.05) is 0 Å². The molecular formula is C12H18OS. The molecule has 1 heterocycles. The zero-order valence-corrected chi connectivity index (χ0v) is 9.68. The molecule has 1 aromatic heterocycles. The molecule has 3 atom stereocenters. The molecule has 1 saturated carbocycles. The lowest BCUT2D eigenvalue weighted by Gasteiger charge is -2.40. The molecule has 1 aliphatic rings. The van der Waals surface area contributed by atoms with Crippen LogP contribution in [0.2, 0.25) is 0 Å².